The average Bonchev–Trinajstić information content (AvgIpc) is 2.43. The highest BCUT2D eigenvalue weighted by Crippen LogP contribution is 2.26. The van der Waals surface area contributed by atoms with E-state index < -0.39 is 9.84 Å². The second kappa shape index (κ2) is 5.97. The number of sulfone groups is 1. The van der Waals surface area contributed by atoms with Crippen LogP contribution in [-0.2, 0) is 9.84 Å². The van der Waals surface area contributed by atoms with Crippen LogP contribution in [0, 0.1) is 13.8 Å². The topological polar surface area (TPSA) is 72.2 Å². The Kier molecular flexibility index (Phi) is 4.46. The predicted molar refractivity (Wildman–Crippen MR) is 84.6 cm³/mol. The summed E-state index contributed by atoms with van der Waals surface area (Å²) in [5, 5.41) is 0. The Morgan fingerprint density at radius 2 is 1.67 bits per heavy atom. The number of rotatable bonds is 4. The van der Waals surface area contributed by atoms with Gasteiger partial charge in [-0.15, -0.1) is 0 Å². The lowest BCUT2D eigenvalue weighted by Gasteiger charge is -2.20. The monoisotopic (exact) mass is 304 g/mol. The van der Waals surface area contributed by atoms with Crippen molar-refractivity contribution in [1.82, 2.24) is 5.43 Å². The molecule has 0 aliphatic rings. The van der Waals surface area contributed by atoms with E-state index in [4.69, 9.17) is 5.84 Å². The van der Waals surface area contributed by atoms with Gasteiger partial charge in [-0.25, -0.2) is 13.8 Å². The molecule has 0 fully saturated rings. The first kappa shape index (κ1) is 15.7. The normalized spacial score (nSPS) is 13.1. The Morgan fingerprint density at radius 3 is 2.19 bits per heavy atom. The molecule has 0 aromatic heterocycles. The summed E-state index contributed by atoms with van der Waals surface area (Å²) in [5.41, 5.74) is 7.12. The summed E-state index contributed by atoms with van der Waals surface area (Å²) in [5.74, 6) is 5.71. The van der Waals surface area contributed by atoms with Crippen molar-refractivity contribution in [2.75, 3.05) is 6.26 Å². The summed E-state index contributed by atoms with van der Waals surface area (Å²) in [4.78, 5) is 0.308. The minimum Gasteiger partial charge on any atom is -0.271 e. The van der Waals surface area contributed by atoms with Gasteiger partial charge >= 0.3 is 0 Å². The maximum atomic E-state index is 11.5. The molecule has 0 aliphatic heterocycles. The third kappa shape index (κ3) is 3.50. The maximum absolute atomic E-state index is 11.5. The highest BCUT2D eigenvalue weighted by molar-refractivity contribution is 7.90. The van der Waals surface area contributed by atoms with Gasteiger partial charge in [0.05, 0.1) is 10.9 Å². The van der Waals surface area contributed by atoms with Gasteiger partial charge in [-0.3, -0.25) is 5.84 Å². The summed E-state index contributed by atoms with van der Waals surface area (Å²) in [7, 11) is -3.18. The Labute approximate surface area is 125 Å². The second-order valence-electron chi connectivity index (χ2n) is 5.30. The van der Waals surface area contributed by atoms with Gasteiger partial charge < -0.3 is 0 Å². The van der Waals surface area contributed by atoms with E-state index in [0.717, 1.165) is 22.3 Å². The molecule has 0 amide bonds. The number of hydrogen-bond donors (Lipinski definition) is 2. The van der Waals surface area contributed by atoms with Crippen molar-refractivity contribution in [1.29, 1.82) is 0 Å². The van der Waals surface area contributed by atoms with Crippen molar-refractivity contribution >= 4 is 9.84 Å². The summed E-state index contributed by atoms with van der Waals surface area (Å²) < 4.78 is 23.0. The van der Waals surface area contributed by atoms with E-state index >= 15 is 0 Å². The first-order valence-electron chi connectivity index (χ1n) is 6.66. The number of nitrogens with one attached hydrogen (secondary N) is 1. The minimum atomic E-state index is -3.18. The number of hydrazine groups is 1. The molecule has 0 bridgehead atoms. The molecular weight excluding hydrogens is 284 g/mol. The molecule has 112 valence electrons. The van der Waals surface area contributed by atoms with E-state index in [-0.39, 0.29) is 6.04 Å². The van der Waals surface area contributed by atoms with E-state index in [1.54, 1.807) is 24.3 Å². The fraction of sp³-hybridized carbons (Fsp3) is 0.250. The molecule has 1 atom stereocenters. The highest BCUT2D eigenvalue weighted by atomic mass is 32.2. The van der Waals surface area contributed by atoms with Crippen LogP contribution in [0.25, 0.3) is 0 Å². The van der Waals surface area contributed by atoms with Gasteiger partial charge in [0.1, 0.15) is 0 Å². The van der Waals surface area contributed by atoms with Gasteiger partial charge in [0, 0.05) is 6.26 Å². The molecule has 2 rings (SSSR count). The van der Waals surface area contributed by atoms with Crippen LogP contribution in [0.5, 0.6) is 0 Å². The fourth-order valence-corrected chi connectivity index (χ4v) is 2.97. The van der Waals surface area contributed by atoms with Gasteiger partial charge in [-0.2, -0.15) is 0 Å². The van der Waals surface area contributed by atoms with E-state index in [2.05, 4.69) is 23.6 Å². The number of hydrogen-bond acceptors (Lipinski definition) is 4. The zero-order chi connectivity index (χ0) is 15.6. The third-order valence-electron chi connectivity index (χ3n) is 3.55. The molecule has 0 aliphatic carbocycles. The molecule has 0 spiro atoms. The van der Waals surface area contributed by atoms with Crippen LogP contribution in [0.1, 0.15) is 28.3 Å². The molecule has 0 saturated carbocycles. The van der Waals surface area contributed by atoms with Crippen molar-refractivity contribution in [3.63, 3.8) is 0 Å². The Balaban J connectivity index is 2.44. The molecule has 0 saturated heterocycles. The molecule has 0 radical (unpaired) electrons. The molecule has 2 aromatic carbocycles. The first-order chi connectivity index (χ1) is 9.82. The van der Waals surface area contributed by atoms with Gasteiger partial charge in [-0.05, 0) is 42.7 Å². The predicted octanol–water partition coefficient (Wildman–Crippen LogP) is 2.26. The lowest BCUT2D eigenvalue weighted by molar-refractivity contribution is 0.601. The van der Waals surface area contributed by atoms with Crippen LogP contribution in [0.15, 0.2) is 47.4 Å². The van der Waals surface area contributed by atoms with Gasteiger partial charge in [0.2, 0.25) is 0 Å². The quantitative estimate of drug-likeness (QED) is 0.671. The molecular formula is C16H20N2O2S. The molecule has 0 heterocycles. The lowest BCUT2D eigenvalue weighted by atomic mass is 9.94. The Bertz CT molecular complexity index is 737. The van der Waals surface area contributed by atoms with Crippen molar-refractivity contribution in [2.24, 2.45) is 5.84 Å². The minimum absolute atomic E-state index is 0.168. The summed E-state index contributed by atoms with van der Waals surface area (Å²) in [6.07, 6.45) is 1.20. The number of nitrogens with two attached hydrogens (primary N) is 1. The van der Waals surface area contributed by atoms with Crippen LogP contribution in [-0.4, -0.2) is 14.7 Å². The zero-order valence-corrected chi connectivity index (χ0v) is 13.2. The Hall–Kier alpha value is -1.69. The van der Waals surface area contributed by atoms with Crippen molar-refractivity contribution in [3.05, 3.63) is 64.7 Å². The standard InChI is InChI=1S/C16H20N2O2S/c1-11-4-5-12(2)15(10-11)16(18-17)13-6-8-14(9-7-13)21(3,19)20/h4-10,16,18H,17H2,1-3H3. The summed E-state index contributed by atoms with van der Waals surface area (Å²) in [6, 6.07) is 12.8. The summed E-state index contributed by atoms with van der Waals surface area (Å²) >= 11 is 0. The van der Waals surface area contributed by atoms with Gasteiger partial charge in [0.25, 0.3) is 0 Å². The first-order valence-corrected chi connectivity index (χ1v) is 8.55. The second-order valence-corrected chi connectivity index (χ2v) is 7.32. The molecule has 4 nitrogen and oxygen atoms in total. The van der Waals surface area contributed by atoms with Crippen LogP contribution in [0.4, 0.5) is 0 Å². The molecule has 21 heavy (non-hydrogen) atoms. The SMILES string of the molecule is Cc1ccc(C)c(C(NN)c2ccc(S(C)(=O)=O)cc2)c1. The van der Waals surface area contributed by atoms with Crippen LogP contribution < -0.4 is 11.3 Å². The van der Waals surface area contributed by atoms with Crippen molar-refractivity contribution < 1.29 is 8.42 Å². The number of benzene rings is 2. The van der Waals surface area contributed by atoms with Gasteiger partial charge in [-0.1, -0.05) is 35.9 Å². The third-order valence-corrected chi connectivity index (χ3v) is 4.68. The van der Waals surface area contributed by atoms with E-state index in [0.29, 0.717) is 4.90 Å². The molecule has 3 N–H and O–H groups in total. The maximum Gasteiger partial charge on any atom is 0.175 e. The lowest BCUT2D eigenvalue weighted by Crippen LogP contribution is -2.29. The summed E-state index contributed by atoms with van der Waals surface area (Å²) in [6.45, 7) is 4.06. The van der Waals surface area contributed by atoms with Gasteiger partial charge in [0.15, 0.2) is 9.84 Å². The van der Waals surface area contributed by atoms with Crippen molar-refractivity contribution in [2.45, 2.75) is 24.8 Å². The van der Waals surface area contributed by atoms with E-state index in [9.17, 15) is 8.42 Å². The fourth-order valence-electron chi connectivity index (χ4n) is 2.34. The van der Waals surface area contributed by atoms with Crippen molar-refractivity contribution in [3.8, 4) is 0 Å². The zero-order valence-electron chi connectivity index (χ0n) is 12.4. The van der Waals surface area contributed by atoms with Crippen LogP contribution >= 0.6 is 0 Å². The molecule has 2 aromatic rings. The number of aryl methyl sites for hydroxylation is 2. The smallest absolute Gasteiger partial charge is 0.175 e. The largest absolute Gasteiger partial charge is 0.271 e. The van der Waals surface area contributed by atoms with E-state index in [1.165, 1.54) is 6.26 Å². The van der Waals surface area contributed by atoms with E-state index in [1.807, 2.05) is 13.8 Å². The molecule has 5 heteroatoms. The molecule has 1 unspecified atom stereocenters. The highest BCUT2D eigenvalue weighted by Gasteiger charge is 2.16. The van der Waals surface area contributed by atoms with Crippen LogP contribution in [0.3, 0.4) is 0 Å². The van der Waals surface area contributed by atoms with Crippen LogP contribution in [0.2, 0.25) is 0 Å². The Morgan fingerprint density at radius 1 is 1.05 bits per heavy atom. The average molecular weight is 304 g/mol.